The molecule has 1 N–H and O–H groups in total. The Morgan fingerprint density at radius 2 is 2.05 bits per heavy atom. The van der Waals surface area contributed by atoms with Crippen molar-refractivity contribution < 1.29 is 13.6 Å². The third kappa shape index (κ3) is 2.24. The van der Waals surface area contributed by atoms with Gasteiger partial charge in [0.05, 0.1) is 11.0 Å². The molecule has 0 atom stereocenters. The number of hydrogen-bond acceptors (Lipinski definition) is 3. The second-order valence-corrected chi connectivity index (χ2v) is 4.38. The number of benzene rings is 1. The number of rotatable bonds is 3. The predicted octanol–water partition coefficient (Wildman–Crippen LogP) is 2.42. The second kappa shape index (κ2) is 4.97. The maximum absolute atomic E-state index is 12.7. The summed E-state index contributed by atoms with van der Waals surface area (Å²) in [7, 11) is 1.73. The molecule has 0 radical (unpaired) electrons. The van der Waals surface area contributed by atoms with Crippen LogP contribution < -0.4 is 5.32 Å². The molecule has 3 aromatic rings. The van der Waals surface area contributed by atoms with Gasteiger partial charge in [-0.25, -0.2) is 4.98 Å². The van der Waals surface area contributed by atoms with E-state index in [0.29, 0.717) is 10.2 Å². The predicted molar refractivity (Wildman–Crippen MR) is 72.1 cm³/mol. The van der Waals surface area contributed by atoms with Crippen LogP contribution in [0.2, 0.25) is 0 Å². The number of aryl methyl sites for hydroxylation is 1. The number of para-hydroxylation sites is 2. The standard InChI is InChI=1S/C13H11F2N5O/c1-19-9-5-3-2-4-8(9)17-13(19)18-11(21)10-6-7-16-20(10)12(14)15/h2-7,12H,1H3,(H,17,18,21). The number of aromatic nitrogens is 4. The molecule has 0 aliphatic rings. The third-order valence-corrected chi connectivity index (χ3v) is 3.10. The SMILES string of the molecule is Cn1c(NC(=O)c2ccnn2C(F)F)nc2ccccc21. The Morgan fingerprint density at radius 1 is 1.29 bits per heavy atom. The van der Waals surface area contributed by atoms with E-state index in [0.717, 1.165) is 11.7 Å². The van der Waals surface area contributed by atoms with Crippen molar-refractivity contribution in [1.29, 1.82) is 0 Å². The highest BCUT2D eigenvalue weighted by atomic mass is 19.3. The van der Waals surface area contributed by atoms with Gasteiger partial charge in [0, 0.05) is 13.2 Å². The van der Waals surface area contributed by atoms with Gasteiger partial charge in [-0.3, -0.25) is 10.1 Å². The Hall–Kier alpha value is -2.77. The fourth-order valence-electron chi connectivity index (χ4n) is 2.07. The summed E-state index contributed by atoms with van der Waals surface area (Å²) >= 11 is 0. The lowest BCUT2D eigenvalue weighted by molar-refractivity contribution is 0.0520. The number of hydrogen-bond donors (Lipinski definition) is 1. The molecule has 8 heteroatoms. The first kappa shape index (κ1) is 13.2. The molecule has 2 heterocycles. The van der Waals surface area contributed by atoms with Gasteiger partial charge in [0.2, 0.25) is 5.95 Å². The Labute approximate surface area is 118 Å². The Kier molecular flexibility index (Phi) is 3.13. The average Bonchev–Trinajstić information content (AvgIpc) is 3.05. The van der Waals surface area contributed by atoms with E-state index >= 15 is 0 Å². The highest BCUT2D eigenvalue weighted by Crippen LogP contribution is 2.19. The first-order valence-corrected chi connectivity index (χ1v) is 6.12. The largest absolute Gasteiger partial charge is 0.333 e. The molecule has 0 fully saturated rings. The van der Waals surface area contributed by atoms with Crippen LogP contribution in [-0.4, -0.2) is 25.2 Å². The highest BCUT2D eigenvalue weighted by molar-refractivity contribution is 6.02. The maximum atomic E-state index is 12.7. The topological polar surface area (TPSA) is 64.7 Å². The molecule has 0 bridgehead atoms. The fraction of sp³-hybridized carbons (Fsp3) is 0.154. The van der Waals surface area contributed by atoms with Gasteiger partial charge in [-0.2, -0.15) is 18.6 Å². The maximum Gasteiger partial charge on any atom is 0.333 e. The quantitative estimate of drug-likeness (QED) is 0.806. The van der Waals surface area contributed by atoms with E-state index in [1.807, 2.05) is 18.2 Å². The average molecular weight is 291 g/mol. The number of alkyl halides is 2. The van der Waals surface area contributed by atoms with Crippen LogP contribution in [0.3, 0.4) is 0 Å². The van der Waals surface area contributed by atoms with Crippen molar-refractivity contribution in [2.75, 3.05) is 5.32 Å². The monoisotopic (exact) mass is 291 g/mol. The number of fused-ring (bicyclic) bond motifs is 1. The van der Waals surface area contributed by atoms with Crippen LogP contribution in [0, 0.1) is 0 Å². The molecule has 108 valence electrons. The molecule has 1 aromatic carbocycles. The van der Waals surface area contributed by atoms with Gasteiger partial charge in [0.15, 0.2) is 0 Å². The third-order valence-electron chi connectivity index (χ3n) is 3.10. The normalized spacial score (nSPS) is 11.2. The first-order valence-electron chi connectivity index (χ1n) is 6.12. The molecule has 6 nitrogen and oxygen atoms in total. The van der Waals surface area contributed by atoms with Gasteiger partial charge >= 0.3 is 6.55 Å². The summed E-state index contributed by atoms with van der Waals surface area (Å²) in [5, 5.41) is 5.94. The van der Waals surface area contributed by atoms with Gasteiger partial charge in [-0.15, -0.1) is 0 Å². The molecule has 0 saturated carbocycles. The fourth-order valence-corrected chi connectivity index (χ4v) is 2.07. The Bertz CT molecular complexity index is 808. The molecular formula is C13H11F2N5O. The van der Waals surface area contributed by atoms with Gasteiger partial charge in [-0.05, 0) is 18.2 Å². The number of nitrogens with zero attached hydrogens (tertiary/aromatic N) is 4. The number of nitrogens with one attached hydrogen (secondary N) is 1. The van der Waals surface area contributed by atoms with Crippen molar-refractivity contribution in [3.05, 3.63) is 42.2 Å². The van der Waals surface area contributed by atoms with E-state index < -0.39 is 12.5 Å². The van der Waals surface area contributed by atoms with E-state index in [4.69, 9.17) is 0 Å². The lowest BCUT2D eigenvalue weighted by atomic mass is 10.3. The van der Waals surface area contributed by atoms with Crippen LogP contribution in [-0.2, 0) is 7.05 Å². The van der Waals surface area contributed by atoms with Crippen molar-refractivity contribution in [2.24, 2.45) is 7.05 Å². The van der Waals surface area contributed by atoms with Crippen LogP contribution in [0.25, 0.3) is 11.0 Å². The number of amides is 1. The summed E-state index contributed by atoms with van der Waals surface area (Å²) in [6.45, 7) is -2.87. The van der Waals surface area contributed by atoms with Crippen LogP contribution >= 0.6 is 0 Å². The summed E-state index contributed by atoms with van der Waals surface area (Å²) in [6.07, 6.45) is 1.15. The molecule has 0 saturated heterocycles. The molecule has 0 aliphatic heterocycles. The van der Waals surface area contributed by atoms with Gasteiger partial charge < -0.3 is 4.57 Å². The molecule has 0 spiro atoms. The minimum atomic E-state index is -2.87. The minimum Gasteiger partial charge on any atom is -0.313 e. The molecule has 0 unspecified atom stereocenters. The van der Waals surface area contributed by atoms with Gasteiger partial charge in [-0.1, -0.05) is 12.1 Å². The Morgan fingerprint density at radius 3 is 2.76 bits per heavy atom. The molecular weight excluding hydrogens is 280 g/mol. The van der Waals surface area contributed by atoms with Crippen molar-refractivity contribution >= 4 is 22.9 Å². The summed E-state index contributed by atoms with van der Waals surface area (Å²) in [4.78, 5) is 16.3. The van der Waals surface area contributed by atoms with Crippen molar-refractivity contribution in [3.8, 4) is 0 Å². The summed E-state index contributed by atoms with van der Waals surface area (Å²) in [5.41, 5.74) is 1.31. The zero-order chi connectivity index (χ0) is 15.0. The van der Waals surface area contributed by atoms with Crippen molar-refractivity contribution in [3.63, 3.8) is 0 Å². The van der Waals surface area contributed by atoms with Crippen molar-refractivity contribution in [1.82, 2.24) is 19.3 Å². The zero-order valence-electron chi connectivity index (χ0n) is 11.0. The van der Waals surface area contributed by atoms with Crippen LogP contribution in [0.15, 0.2) is 36.5 Å². The van der Waals surface area contributed by atoms with Crippen LogP contribution in [0.1, 0.15) is 17.0 Å². The number of carbonyl (C=O) groups excluding carboxylic acids is 1. The number of halogens is 2. The van der Waals surface area contributed by atoms with Crippen molar-refractivity contribution in [2.45, 2.75) is 6.55 Å². The minimum absolute atomic E-state index is 0.225. The van der Waals surface area contributed by atoms with Gasteiger partial charge in [0.1, 0.15) is 5.69 Å². The summed E-state index contributed by atoms with van der Waals surface area (Å²) < 4.78 is 27.4. The van der Waals surface area contributed by atoms with Crippen LogP contribution in [0.5, 0.6) is 0 Å². The smallest absolute Gasteiger partial charge is 0.313 e. The first-order chi connectivity index (χ1) is 10.1. The van der Waals surface area contributed by atoms with Gasteiger partial charge in [0.25, 0.3) is 5.91 Å². The molecule has 21 heavy (non-hydrogen) atoms. The van der Waals surface area contributed by atoms with E-state index in [1.54, 1.807) is 17.7 Å². The van der Waals surface area contributed by atoms with E-state index in [9.17, 15) is 13.6 Å². The molecule has 0 aliphatic carbocycles. The number of anilines is 1. The van der Waals surface area contributed by atoms with E-state index in [-0.39, 0.29) is 11.6 Å². The molecule has 3 rings (SSSR count). The van der Waals surface area contributed by atoms with Crippen LogP contribution in [0.4, 0.5) is 14.7 Å². The summed E-state index contributed by atoms with van der Waals surface area (Å²) in [6, 6.07) is 8.55. The number of imidazole rings is 1. The second-order valence-electron chi connectivity index (χ2n) is 4.38. The number of carbonyl (C=O) groups is 1. The lowest BCUT2D eigenvalue weighted by Gasteiger charge is -2.07. The van der Waals surface area contributed by atoms with E-state index in [1.165, 1.54) is 6.07 Å². The Balaban J connectivity index is 1.93. The zero-order valence-corrected chi connectivity index (χ0v) is 11.0. The summed E-state index contributed by atoms with van der Waals surface area (Å²) in [5.74, 6) is -0.408. The highest BCUT2D eigenvalue weighted by Gasteiger charge is 2.19. The molecule has 2 aromatic heterocycles. The van der Waals surface area contributed by atoms with E-state index in [2.05, 4.69) is 15.4 Å². The lowest BCUT2D eigenvalue weighted by Crippen LogP contribution is -2.20. The molecule has 1 amide bonds.